The number of hydrogen-bond acceptors (Lipinski definition) is 4. The molecule has 2 heterocycles. The third-order valence-corrected chi connectivity index (χ3v) is 6.76. The number of fused-ring (bicyclic) bond motifs is 1. The molecule has 0 spiro atoms. The molecule has 5 nitrogen and oxygen atoms in total. The second kappa shape index (κ2) is 9.89. The number of rotatable bonds is 5. The van der Waals surface area contributed by atoms with Crippen molar-refractivity contribution in [3.63, 3.8) is 0 Å². The van der Waals surface area contributed by atoms with E-state index < -0.39 is 35.2 Å². The molecule has 1 aliphatic rings. The maximum Gasteiger partial charge on any atom is 0.416 e. The van der Waals surface area contributed by atoms with Crippen LogP contribution in [-0.4, -0.2) is 42.7 Å². The maximum atomic E-state index is 14.5. The first kappa shape index (κ1) is 24.8. The highest BCUT2D eigenvalue weighted by Crippen LogP contribution is 2.34. The Hall–Kier alpha value is -3.85. The SMILES string of the molecule is CN1CCN(c2ccc(Nc3ccc4ccc(=O)n(Cc5c(F)cccc5C(F)(F)F)c4c3)cc2)CC1. The first-order chi connectivity index (χ1) is 17.7. The summed E-state index contributed by atoms with van der Waals surface area (Å²) in [6, 6.07) is 19.0. The fraction of sp³-hybridized carbons (Fsp3) is 0.250. The van der Waals surface area contributed by atoms with Crippen LogP contribution in [0.4, 0.5) is 34.6 Å². The third-order valence-electron chi connectivity index (χ3n) is 6.76. The van der Waals surface area contributed by atoms with E-state index in [0.29, 0.717) is 16.6 Å². The number of alkyl halides is 3. The Bertz CT molecular complexity index is 1470. The van der Waals surface area contributed by atoms with E-state index in [9.17, 15) is 22.4 Å². The quantitative estimate of drug-likeness (QED) is 0.350. The molecule has 0 saturated carbocycles. The highest BCUT2D eigenvalue weighted by atomic mass is 19.4. The zero-order valence-corrected chi connectivity index (χ0v) is 20.2. The Labute approximate surface area is 211 Å². The molecule has 5 rings (SSSR count). The Kier molecular flexibility index (Phi) is 6.64. The van der Waals surface area contributed by atoms with Crippen LogP contribution in [-0.2, 0) is 12.7 Å². The van der Waals surface area contributed by atoms with Gasteiger partial charge in [-0.25, -0.2) is 4.39 Å². The van der Waals surface area contributed by atoms with Crippen LogP contribution in [0, 0.1) is 5.82 Å². The van der Waals surface area contributed by atoms with Crippen molar-refractivity contribution in [1.82, 2.24) is 9.47 Å². The number of halogens is 4. The van der Waals surface area contributed by atoms with Crippen molar-refractivity contribution >= 4 is 28.0 Å². The zero-order chi connectivity index (χ0) is 26.2. The number of nitrogens with zero attached hydrogens (tertiary/aromatic N) is 3. The molecule has 3 aromatic carbocycles. The molecule has 0 aliphatic carbocycles. The number of anilines is 3. The van der Waals surface area contributed by atoms with Gasteiger partial charge in [0.25, 0.3) is 5.56 Å². The van der Waals surface area contributed by atoms with Gasteiger partial charge < -0.3 is 19.7 Å². The molecule has 4 aromatic rings. The summed E-state index contributed by atoms with van der Waals surface area (Å²) >= 11 is 0. The van der Waals surface area contributed by atoms with E-state index in [2.05, 4.69) is 22.2 Å². The Balaban J connectivity index is 1.44. The van der Waals surface area contributed by atoms with E-state index in [-0.39, 0.29) is 0 Å². The van der Waals surface area contributed by atoms with Crippen molar-refractivity contribution in [3.05, 3.63) is 100 Å². The van der Waals surface area contributed by atoms with Gasteiger partial charge in [0.15, 0.2) is 0 Å². The lowest BCUT2D eigenvalue weighted by molar-refractivity contribution is -0.138. The van der Waals surface area contributed by atoms with Crippen molar-refractivity contribution in [2.24, 2.45) is 0 Å². The number of pyridine rings is 1. The topological polar surface area (TPSA) is 40.5 Å². The van der Waals surface area contributed by atoms with Crippen LogP contribution >= 0.6 is 0 Å². The first-order valence-electron chi connectivity index (χ1n) is 12.0. The average Bonchev–Trinajstić information content (AvgIpc) is 2.87. The van der Waals surface area contributed by atoms with Gasteiger partial charge in [-0.15, -0.1) is 0 Å². The molecule has 0 unspecified atom stereocenters. The van der Waals surface area contributed by atoms with Crippen LogP contribution < -0.4 is 15.8 Å². The monoisotopic (exact) mass is 510 g/mol. The second-order valence-corrected chi connectivity index (χ2v) is 9.26. The minimum absolute atomic E-state index is 0.405. The lowest BCUT2D eigenvalue weighted by Crippen LogP contribution is -2.44. The molecule has 0 bridgehead atoms. The van der Waals surface area contributed by atoms with Gasteiger partial charge in [-0.05, 0) is 67.0 Å². The van der Waals surface area contributed by atoms with Crippen LogP contribution in [0.1, 0.15) is 11.1 Å². The summed E-state index contributed by atoms with van der Waals surface area (Å²) in [5.41, 5.74) is 0.852. The van der Waals surface area contributed by atoms with E-state index in [4.69, 9.17) is 0 Å². The van der Waals surface area contributed by atoms with E-state index >= 15 is 0 Å². The number of aromatic nitrogens is 1. The van der Waals surface area contributed by atoms with Crippen LogP contribution in [0.5, 0.6) is 0 Å². The molecule has 0 amide bonds. The first-order valence-corrected chi connectivity index (χ1v) is 12.0. The average molecular weight is 511 g/mol. The number of likely N-dealkylation sites (N-methyl/N-ethyl adjacent to an activating group) is 1. The van der Waals surface area contributed by atoms with Crippen LogP contribution in [0.15, 0.2) is 77.6 Å². The van der Waals surface area contributed by atoms with Crippen LogP contribution in [0.3, 0.4) is 0 Å². The molecular formula is C28H26F4N4O. The summed E-state index contributed by atoms with van der Waals surface area (Å²) in [5.74, 6) is -1.01. The van der Waals surface area contributed by atoms with Gasteiger partial charge in [0.1, 0.15) is 5.82 Å². The molecule has 37 heavy (non-hydrogen) atoms. The maximum absolute atomic E-state index is 14.5. The summed E-state index contributed by atoms with van der Waals surface area (Å²) in [6.45, 7) is 3.40. The van der Waals surface area contributed by atoms with Crippen molar-refractivity contribution in [3.8, 4) is 0 Å². The largest absolute Gasteiger partial charge is 0.416 e. The standard InChI is InChI=1S/C28H26F4N4O/c1-34-13-15-35(16-14-34)22-10-8-20(9-11-22)33-21-7-5-19-6-12-27(37)36(26(19)17-21)18-23-24(28(30,31)32)3-2-4-25(23)29/h2-12,17,33H,13-16,18H2,1H3. The molecule has 1 aliphatic heterocycles. The molecule has 1 saturated heterocycles. The van der Waals surface area contributed by atoms with Crippen molar-refractivity contribution in [2.75, 3.05) is 43.4 Å². The molecule has 192 valence electrons. The van der Waals surface area contributed by atoms with Crippen LogP contribution in [0.2, 0.25) is 0 Å². The zero-order valence-electron chi connectivity index (χ0n) is 20.2. The predicted molar refractivity (Wildman–Crippen MR) is 138 cm³/mol. The van der Waals surface area contributed by atoms with E-state index in [1.165, 1.54) is 10.6 Å². The smallest absolute Gasteiger partial charge is 0.369 e. The summed E-state index contributed by atoms with van der Waals surface area (Å²) in [6.07, 6.45) is -4.74. The Morgan fingerprint density at radius 1 is 0.865 bits per heavy atom. The normalized spacial score (nSPS) is 14.8. The summed E-state index contributed by atoms with van der Waals surface area (Å²) < 4.78 is 56.3. The van der Waals surface area contributed by atoms with Crippen molar-refractivity contribution < 1.29 is 17.6 Å². The highest BCUT2D eigenvalue weighted by Gasteiger charge is 2.34. The van der Waals surface area contributed by atoms with Gasteiger partial charge in [0.05, 0.1) is 17.6 Å². The molecule has 1 aromatic heterocycles. The van der Waals surface area contributed by atoms with Gasteiger partial charge in [0, 0.05) is 54.9 Å². The number of benzene rings is 3. The fourth-order valence-corrected chi connectivity index (χ4v) is 4.66. The van der Waals surface area contributed by atoms with E-state index in [1.807, 2.05) is 30.3 Å². The van der Waals surface area contributed by atoms with Gasteiger partial charge in [-0.3, -0.25) is 4.79 Å². The lowest BCUT2D eigenvalue weighted by atomic mass is 10.1. The van der Waals surface area contributed by atoms with Crippen LogP contribution in [0.25, 0.3) is 10.9 Å². The van der Waals surface area contributed by atoms with E-state index in [1.54, 1.807) is 18.2 Å². The van der Waals surface area contributed by atoms with Crippen molar-refractivity contribution in [1.29, 1.82) is 0 Å². The molecule has 1 fully saturated rings. The lowest BCUT2D eigenvalue weighted by Gasteiger charge is -2.34. The predicted octanol–water partition coefficient (Wildman–Crippen LogP) is 5.70. The van der Waals surface area contributed by atoms with Gasteiger partial charge >= 0.3 is 6.18 Å². The molecule has 0 radical (unpaired) electrons. The summed E-state index contributed by atoms with van der Waals surface area (Å²) in [4.78, 5) is 17.3. The second-order valence-electron chi connectivity index (χ2n) is 9.26. The number of nitrogens with one attached hydrogen (secondary N) is 1. The molecule has 1 N–H and O–H groups in total. The molecular weight excluding hydrogens is 484 g/mol. The minimum Gasteiger partial charge on any atom is -0.369 e. The van der Waals surface area contributed by atoms with Gasteiger partial charge in [0.2, 0.25) is 0 Å². The third kappa shape index (κ3) is 5.32. The highest BCUT2D eigenvalue weighted by molar-refractivity contribution is 5.84. The molecule has 9 heteroatoms. The van der Waals surface area contributed by atoms with Gasteiger partial charge in [-0.1, -0.05) is 12.1 Å². The summed E-state index contributed by atoms with van der Waals surface area (Å²) in [7, 11) is 2.11. The fourth-order valence-electron chi connectivity index (χ4n) is 4.66. The molecule has 0 atom stereocenters. The minimum atomic E-state index is -4.74. The van der Waals surface area contributed by atoms with Crippen molar-refractivity contribution in [2.45, 2.75) is 12.7 Å². The Morgan fingerprint density at radius 3 is 2.24 bits per heavy atom. The van der Waals surface area contributed by atoms with Gasteiger partial charge in [-0.2, -0.15) is 13.2 Å². The number of hydrogen-bond donors (Lipinski definition) is 1. The summed E-state index contributed by atoms with van der Waals surface area (Å²) in [5, 5.41) is 3.95. The Morgan fingerprint density at radius 2 is 1.54 bits per heavy atom. The number of piperazine rings is 1. The van der Waals surface area contributed by atoms with E-state index in [0.717, 1.165) is 55.8 Å².